The van der Waals surface area contributed by atoms with Crippen molar-refractivity contribution in [2.75, 3.05) is 11.9 Å². The van der Waals surface area contributed by atoms with Crippen LogP contribution < -0.4 is 5.32 Å². The maximum Gasteiger partial charge on any atom is 0.243 e. The van der Waals surface area contributed by atoms with Crippen molar-refractivity contribution in [1.82, 2.24) is 4.31 Å². The maximum absolute atomic E-state index is 12.9. The van der Waals surface area contributed by atoms with E-state index in [1.54, 1.807) is 12.1 Å². The molecule has 0 spiro atoms. The molecule has 2 aromatic rings. The first-order chi connectivity index (χ1) is 11.9. The minimum atomic E-state index is -3.75. The van der Waals surface area contributed by atoms with Crippen molar-refractivity contribution in [2.45, 2.75) is 23.8 Å². The van der Waals surface area contributed by atoms with Crippen molar-refractivity contribution in [3.63, 3.8) is 0 Å². The van der Waals surface area contributed by atoms with Gasteiger partial charge in [0.25, 0.3) is 0 Å². The number of nitrogens with one attached hydrogen (secondary N) is 1. The molecule has 3 rings (SSSR count). The number of benzene rings is 2. The Bertz CT molecular complexity index is 887. The van der Waals surface area contributed by atoms with Crippen molar-refractivity contribution in [3.8, 4) is 0 Å². The molecule has 1 atom stereocenters. The van der Waals surface area contributed by atoms with Gasteiger partial charge < -0.3 is 5.32 Å². The van der Waals surface area contributed by atoms with Crippen molar-refractivity contribution in [2.24, 2.45) is 0 Å². The lowest BCUT2D eigenvalue weighted by Gasteiger charge is -2.23. The predicted octanol–water partition coefficient (Wildman–Crippen LogP) is 3.89. The van der Waals surface area contributed by atoms with E-state index in [9.17, 15) is 13.2 Å². The summed E-state index contributed by atoms with van der Waals surface area (Å²) in [6.45, 7) is 0.318. The molecule has 0 saturated carbocycles. The summed E-state index contributed by atoms with van der Waals surface area (Å²) < 4.78 is 27.8. The van der Waals surface area contributed by atoms with Gasteiger partial charge in [0.05, 0.1) is 10.6 Å². The SMILES string of the molecule is O=C(Nc1ccccc1Br)C1CCCN1S(=O)(=O)c1ccc(Cl)cc1. The van der Waals surface area contributed by atoms with E-state index in [1.807, 2.05) is 12.1 Å². The Labute approximate surface area is 160 Å². The topological polar surface area (TPSA) is 66.5 Å². The third-order valence-corrected chi connectivity index (χ3v) is 6.92. The average Bonchev–Trinajstić information content (AvgIpc) is 3.08. The van der Waals surface area contributed by atoms with Crippen LogP contribution >= 0.6 is 27.5 Å². The van der Waals surface area contributed by atoms with E-state index in [2.05, 4.69) is 21.2 Å². The molecule has 1 heterocycles. The Kier molecular flexibility index (Phi) is 5.48. The van der Waals surface area contributed by atoms with Gasteiger partial charge in [0.15, 0.2) is 0 Å². The van der Waals surface area contributed by atoms with Crippen molar-refractivity contribution in [3.05, 3.63) is 58.0 Å². The van der Waals surface area contributed by atoms with E-state index in [-0.39, 0.29) is 10.8 Å². The molecule has 0 radical (unpaired) electrons. The largest absolute Gasteiger partial charge is 0.324 e. The molecule has 1 aliphatic heterocycles. The van der Waals surface area contributed by atoms with Crippen LogP contribution in [0.4, 0.5) is 5.69 Å². The van der Waals surface area contributed by atoms with Gasteiger partial charge in [-0.05, 0) is 65.2 Å². The van der Waals surface area contributed by atoms with Crippen molar-refractivity contribution < 1.29 is 13.2 Å². The zero-order valence-corrected chi connectivity index (χ0v) is 16.3. The molecule has 132 valence electrons. The molecule has 1 aliphatic rings. The number of anilines is 1. The van der Waals surface area contributed by atoms with Crippen molar-refractivity contribution in [1.29, 1.82) is 0 Å². The number of carbonyl (C=O) groups is 1. The predicted molar refractivity (Wildman–Crippen MR) is 101 cm³/mol. The van der Waals surface area contributed by atoms with Crippen LogP contribution in [-0.4, -0.2) is 31.2 Å². The highest BCUT2D eigenvalue weighted by molar-refractivity contribution is 9.10. The van der Waals surface area contributed by atoms with Crippen LogP contribution in [0.1, 0.15) is 12.8 Å². The quantitative estimate of drug-likeness (QED) is 0.779. The number of sulfonamides is 1. The Balaban J connectivity index is 1.83. The zero-order chi connectivity index (χ0) is 18.0. The molecule has 1 saturated heterocycles. The Hall–Kier alpha value is -1.41. The number of nitrogens with zero attached hydrogens (tertiary/aromatic N) is 1. The smallest absolute Gasteiger partial charge is 0.243 e. The number of amides is 1. The first-order valence-corrected chi connectivity index (χ1v) is 10.3. The number of hydrogen-bond donors (Lipinski definition) is 1. The average molecular weight is 444 g/mol. The Morgan fingerprint density at radius 2 is 1.84 bits per heavy atom. The van der Waals surface area contributed by atoms with E-state index in [0.29, 0.717) is 30.1 Å². The van der Waals surface area contributed by atoms with Gasteiger partial charge in [-0.1, -0.05) is 23.7 Å². The first-order valence-electron chi connectivity index (χ1n) is 7.72. The molecule has 1 unspecified atom stereocenters. The molecule has 0 aliphatic carbocycles. The standard InChI is InChI=1S/C17H16BrClN2O3S/c18-14-4-1-2-5-15(14)20-17(22)16-6-3-11-21(16)25(23,24)13-9-7-12(19)8-10-13/h1-2,4-5,7-10,16H,3,6,11H2,(H,20,22). The minimum absolute atomic E-state index is 0.137. The second kappa shape index (κ2) is 7.45. The van der Waals surface area contributed by atoms with Gasteiger partial charge in [0.2, 0.25) is 15.9 Å². The lowest BCUT2D eigenvalue weighted by molar-refractivity contribution is -0.119. The third-order valence-electron chi connectivity index (χ3n) is 4.06. The van der Waals surface area contributed by atoms with E-state index < -0.39 is 16.1 Å². The summed E-state index contributed by atoms with van der Waals surface area (Å²) >= 11 is 9.20. The molecule has 0 bridgehead atoms. The van der Waals surface area contributed by atoms with Crippen molar-refractivity contribution >= 4 is 49.1 Å². The van der Waals surface area contributed by atoms with E-state index >= 15 is 0 Å². The lowest BCUT2D eigenvalue weighted by Crippen LogP contribution is -2.43. The second-order valence-electron chi connectivity index (χ2n) is 5.70. The van der Waals surface area contributed by atoms with Crippen LogP contribution in [0.3, 0.4) is 0 Å². The summed E-state index contributed by atoms with van der Waals surface area (Å²) in [7, 11) is -3.75. The molecule has 25 heavy (non-hydrogen) atoms. The van der Waals surface area contributed by atoms with E-state index in [0.717, 1.165) is 4.47 Å². The fraction of sp³-hybridized carbons (Fsp3) is 0.235. The third kappa shape index (κ3) is 3.89. The van der Waals surface area contributed by atoms with E-state index in [1.165, 1.54) is 28.6 Å². The highest BCUT2D eigenvalue weighted by Crippen LogP contribution is 2.29. The fourth-order valence-electron chi connectivity index (χ4n) is 2.81. The van der Waals surface area contributed by atoms with Gasteiger partial charge in [0, 0.05) is 16.0 Å². The molecule has 0 aromatic heterocycles. The van der Waals surface area contributed by atoms with Crippen LogP contribution in [0.5, 0.6) is 0 Å². The molecule has 1 N–H and O–H groups in total. The molecule has 1 amide bonds. The number of hydrogen-bond acceptors (Lipinski definition) is 3. The summed E-state index contributed by atoms with van der Waals surface area (Å²) in [4.78, 5) is 12.8. The highest BCUT2D eigenvalue weighted by atomic mass is 79.9. The fourth-order valence-corrected chi connectivity index (χ4v) is 4.98. The Morgan fingerprint density at radius 3 is 2.52 bits per heavy atom. The first kappa shape index (κ1) is 18.4. The molecular formula is C17H16BrClN2O3S. The van der Waals surface area contributed by atoms with Crippen LogP contribution in [0.2, 0.25) is 5.02 Å². The van der Waals surface area contributed by atoms with Crippen LogP contribution in [-0.2, 0) is 14.8 Å². The number of carbonyl (C=O) groups excluding carboxylic acids is 1. The normalized spacial score (nSPS) is 18.2. The van der Waals surface area contributed by atoms with Crippen LogP contribution in [0.25, 0.3) is 0 Å². The lowest BCUT2D eigenvalue weighted by atomic mass is 10.2. The Morgan fingerprint density at radius 1 is 1.16 bits per heavy atom. The monoisotopic (exact) mass is 442 g/mol. The van der Waals surface area contributed by atoms with Gasteiger partial charge in [-0.3, -0.25) is 4.79 Å². The van der Waals surface area contributed by atoms with Gasteiger partial charge in [-0.25, -0.2) is 8.42 Å². The summed E-state index contributed by atoms with van der Waals surface area (Å²) in [5.74, 6) is -0.332. The van der Waals surface area contributed by atoms with Gasteiger partial charge >= 0.3 is 0 Å². The molecule has 1 fully saturated rings. The van der Waals surface area contributed by atoms with Crippen LogP contribution in [0, 0.1) is 0 Å². The van der Waals surface area contributed by atoms with Crippen LogP contribution in [0.15, 0.2) is 57.9 Å². The summed E-state index contributed by atoms with van der Waals surface area (Å²) in [5.41, 5.74) is 0.614. The van der Waals surface area contributed by atoms with E-state index in [4.69, 9.17) is 11.6 Å². The summed E-state index contributed by atoms with van der Waals surface area (Å²) in [6.07, 6.45) is 1.13. The molecule has 5 nitrogen and oxygen atoms in total. The molecular weight excluding hydrogens is 428 g/mol. The zero-order valence-electron chi connectivity index (χ0n) is 13.2. The number of rotatable bonds is 4. The number of halogens is 2. The highest BCUT2D eigenvalue weighted by Gasteiger charge is 2.39. The van der Waals surface area contributed by atoms with Gasteiger partial charge in [-0.2, -0.15) is 4.31 Å². The molecule has 8 heteroatoms. The second-order valence-corrected chi connectivity index (χ2v) is 8.88. The summed E-state index contributed by atoms with van der Waals surface area (Å²) in [5, 5.41) is 3.26. The van der Waals surface area contributed by atoms with Gasteiger partial charge in [-0.15, -0.1) is 0 Å². The van der Waals surface area contributed by atoms with Gasteiger partial charge in [0.1, 0.15) is 6.04 Å². The maximum atomic E-state index is 12.9. The minimum Gasteiger partial charge on any atom is -0.324 e. The molecule has 2 aromatic carbocycles. The number of para-hydroxylation sites is 1. The summed E-state index contributed by atoms with van der Waals surface area (Å²) in [6, 6.07) is 12.5.